The van der Waals surface area contributed by atoms with Crippen LogP contribution in [0, 0.1) is 0 Å². The molecule has 3 rings (SSSR count). The topological polar surface area (TPSA) is 29.1 Å². The number of carbonyl (C=O) groups excluding carboxylic acids is 1. The first-order chi connectivity index (χ1) is 10.1. The molecule has 1 aliphatic rings. The predicted molar refractivity (Wildman–Crippen MR) is 92.2 cm³/mol. The zero-order valence-corrected chi connectivity index (χ0v) is 14.9. The fraction of sp³-hybridized carbons (Fsp3) is 0.188. The molecule has 0 heterocycles. The first kappa shape index (κ1) is 15.1. The lowest BCUT2D eigenvalue weighted by Gasteiger charge is -2.18. The number of rotatable bonds is 2. The molecule has 21 heavy (non-hydrogen) atoms. The first-order valence-corrected chi connectivity index (χ1v) is 8.62. The molecule has 0 saturated carbocycles. The minimum Gasteiger partial charge on any atom is -0.344 e. The lowest BCUT2D eigenvalue weighted by atomic mass is 10.1. The molecule has 0 spiro atoms. The van der Waals surface area contributed by atoms with Gasteiger partial charge in [-0.3, -0.25) is 4.79 Å². The van der Waals surface area contributed by atoms with Crippen molar-refractivity contribution in [2.24, 2.45) is 0 Å². The minimum atomic E-state index is -0.160. The molecule has 0 aromatic heterocycles. The normalized spacial score (nSPS) is 20.1. The number of amides is 1. The quantitative estimate of drug-likeness (QED) is 0.677. The van der Waals surface area contributed by atoms with Gasteiger partial charge in [0.05, 0.1) is 16.6 Å². The van der Waals surface area contributed by atoms with Crippen molar-refractivity contribution in [3.8, 4) is 0 Å². The summed E-state index contributed by atoms with van der Waals surface area (Å²) >= 11 is 13.1. The Morgan fingerprint density at radius 2 is 2.00 bits per heavy atom. The Bertz CT molecular complexity index is 704. The molecule has 108 valence electrons. The van der Waals surface area contributed by atoms with E-state index < -0.39 is 0 Å². The molecule has 5 heteroatoms. The van der Waals surface area contributed by atoms with Crippen molar-refractivity contribution >= 4 is 49.4 Å². The van der Waals surface area contributed by atoms with Gasteiger partial charge < -0.3 is 5.32 Å². The van der Waals surface area contributed by atoms with E-state index in [1.165, 1.54) is 11.1 Å². The molecule has 1 amide bonds. The van der Waals surface area contributed by atoms with Gasteiger partial charge >= 0.3 is 0 Å². The molecular weight excluding hydrogens is 417 g/mol. The lowest BCUT2D eigenvalue weighted by molar-refractivity contribution is 0.0938. The van der Waals surface area contributed by atoms with E-state index in [2.05, 4.69) is 49.3 Å². The van der Waals surface area contributed by atoms with Crippen molar-refractivity contribution in [2.45, 2.75) is 17.3 Å². The Kier molecular flexibility index (Phi) is 4.38. The van der Waals surface area contributed by atoms with Crippen LogP contribution in [0.25, 0.3) is 0 Å². The third-order valence-electron chi connectivity index (χ3n) is 3.63. The van der Waals surface area contributed by atoms with Gasteiger partial charge in [-0.05, 0) is 35.7 Å². The summed E-state index contributed by atoms with van der Waals surface area (Å²) in [5, 5.41) is 3.53. The fourth-order valence-corrected chi connectivity index (χ4v) is 3.94. The lowest BCUT2D eigenvalue weighted by Crippen LogP contribution is -2.31. The molecule has 1 N–H and O–H groups in total. The summed E-state index contributed by atoms with van der Waals surface area (Å²) < 4.78 is 0.833. The number of carbonyl (C=O) groups is 1. The third kappa shape index (κ3) is 3.03. The van der Waals surface area contributed by atoms with E-state index in [1.807, 2.05) is 18.2 Å². The maximum Gasteiger partial charge on any atom is 0.253 e. The fourth-order valence-electron chi connectivity index (χ4n) is 2.60. The van der Waals surface area contributed by atoms with E-state index in [9.17, 15) is 4.79 Å². The summed E-state index contributed by atoms with van der Waals surface area (Å²) in [6, 6.07) is 13.4. The van der Waals surface area contributed by atoms with Crippen LogP contribution >= 0.6 is 43.5 Å². The molecule has 2 aromatic carbocycles. The summed E-state index contributed by atoms with van der Waals surface area (Å²) in [4.78, 5) is 12.7. The van der Waals surface area contributed by atoms with Crippen LogP contribution in [0.1, 0.15) is 27.5 Å². The van der Waals surface area contributed by atoms with Crippen LogP contribution in [0.3, 0.4) is 0 Å². The second-order valence-electron chi connectivity index (χ2n) is 4.99. The molecule has 2 aromatic rings. The number of hydrogen-bond donors (Lipinski definition) is 1. The third-order valence-corrected chi connectivity index (χ3v) is 5.30. The molecule has 0 radical (unpaired) electrons. The van der Waals surface area contributed by atoms with Crippen molar-refractivity contribution in [1.82, 2.24) is 5.32 Å². The van der Waals surface area contributed by atoms with Gasteiger partial charge in [0.1, 0.15) is 0 Å². The number of benzene rings is 2. The SMILES string of the molecule is O=C(NC1c2ccccc2CC1Br)c1cc(Br)ccc1Cl. The minimum absolute atomic E-state index is 0.0382. The average Bonchev–Trinajstić information content (AvgIpc) is 2.78. The van der Waals surface area contributed by atoms with Crippen molar-refractivity contribution in [2.75, 3.05) is 0 Å². The van der Waals surface area contributed by atoms with Crippen LogP contribution in [0.4, 0.5) is 0 Å². The average molecular weight is 430 g/mol. The molecule has 0 aliphatic heterocycles. The Balaban J connectivity index is 1.87. The van der Waals surface area contributed by atoms with Crippen LogP contribution in [0.2, 0.25) is 5.02 Å². The van der Waals surface area contributed by atoms with Crippen LogP contribution in [0.15, 0.2) is 46.9 Å². The molecular formula is C16H12Br2ClNO. The zero-order chi connectivity index (χ0) is 15.0. The van der Waals surface area contributed by atoms with Crippen molar-refractivity contribution in [1.29, 1.82) is 0 Å². The summed E-state index contributed by atoms with van der Waals surface area (Å²) in [6.45, 7) is 0. The standard InChI is InChI=1S/C16H12Br2ClNO/c17-10-5-6-14(19)12(8-10)16(21)20-15-11-4-2-1-3-9(11)7-13(15)18/h1-6,8,13,15H,7H2,(H,20,21). The molecule has 0 saturated heterocycles. The first-order valence-electron chi connectivity index (χ1n) is 6.54. The Morgan fingerprint density at radius 3 is 2.81 bits per heavy atom. The van der Waals surface area contributed by atoms with Gasteiger partial charge in [0.15, 0.2) is 0 Å². The highest BCUT2D eigenvalue weighted by molar-refractivity contribution is 9.10. The van der Waals surface area contributed by atoms with Crippen LogP contribution in [-0.2, 0) is 6.42 Å². The van der Waals surface area contributed by atoms with Crippen LogP contribution in [-0.4, -0.2) is 10.7 Å². The summed E-state index contributed by atoms with van der Waals surface area (Å²) in [5.74, 6) is -0.160. The van der Waals surface area contributed by atoms with E-state index in [0.717, 1.165) is 10.9 Å². The Labute approximate surface area is 145 Å². The summed E-state index contributed by atoms with van der Waals surface area (Å²) in [5.41, 5.74) is 2.92. The smallest absolute Gasteiger partial charge is 0.253 e. The summed E-state index contributed by atoms with van der Waals surface area (Å²) in [6.07, 6.45) is 0.910. The van der Waals surface area contributed by atoms with Crippen molar-refractivity contribution < 1.29 is 4.79 Å². The van der Waals surface area contributed by atoms with Crippen LogP contribution in [0.5, 0.6) is 0 Å². The van der Waals surface area contributed by atoms with Gasteiger partial charge in [0, 0.05) is 9.30 Å². The highest BCUT2D eigenvalue weighted by atomic mass is 79.9. The Hall–Kier alpha value is -0.840. The predicted octanol–water partition coefficient (Wildman–Crippen LogP) is 4.89. The highest BCUT2D eigenvalue weighted by Crippen LogP contribution is 2.36. The largest absolute Gasteiger partial charge is 0.344 e. The van der Waals surface area contributed by atoms with Gasteiger partial charge in [-0.2, -0.15) is 0 Å². The summed E-state index contributed by atoms with van der Waals surface area (Å²) in [7, 11) is 0. The maximum atomic E-state index is 12.5. The molecule has 2 unspecified atom stereocenters. The Morgan fingerprint density at radius 1 is 1.24 bits per heavy atom. The van der Waals surface area contributed by atoms with E-state index in [1.54, 1.807) is 12.1 Å². The number of fused-ring (bicyclic) bond motifs is 1. The number of alkyl halides is 1. The highest BCUT2D eigenvalue weighted by Gasteiger charge is 2.32. The number of hydrogen-bond acceptors (Lipinski definition) is 1. The van der Waals surface area contributed by atoms with Gasteiger partial charge in [-0.25, -0.2) is 0 Å². The molecule has 1 aliphatic carbocycles. The van der Waals surface area contributed by atoms with Crippen LogP contribution < -0.4 is 5.32 Å². The van der Waals surface area contributed by atoms with E-state index in [-0.39, 0.29) is 16.8 Å². The second-order valence-corrected chi connectivity index (χ2v) is 7.49. The monoisotopic (exact) mass is 427 g/mol. The van der Waals surface area contributed by atoms with Crippen molar-refractivity contribution in [3.05, 3.63) is 68.7 Å². The zero-order valence-electron chi connectivity index (χ0n) is 10.9. The molecule has 0 bridgehead atoms. The van der Waals surface area contributed by atoms with Gasteiger partial charge in [-0.15, -0.1) is 0 Å². The second kappa shape index (κ2) is 6.11. The number of halogens is 3. The van der Waals surface area contributed by atoms with Gasteiger partial charge in [0.25, 0.3) is 5.91 Å². The van der Waals surface area contributed by atoms with Gasteiger partial charge in [0.2, 0.25) is 0 Å². The van der Waals surface area contributed by atoms with E-state index in [0.29, 0.717) is 10.6 Å². The van der Waals surface area contributed by atoms with Crippen molar-refractivity contribution in [3.63, 3.8) is 0 Å². The van der Waals surface area contributed by atoms with E-state index >= 15 is 0 Å². The number of nitrogens with one attached hydrogen (secondary N) is 1. The molecule has 0 fully saturated rings. The van der Waals surface area contributed by atoms with Gasteiger partial charge in [-0.1, -0.05) is 67.7 Å². The van der Waals surface area contributed by atoms with E-state index in [4.69, 9.17) is 11.6 Å². The molecule has 2 nitrogen and oxygen atoms in total. The maximum absolute atomic E-state index is 12.5. The molecule has 2 atom stereocenters.